The summed E-state index contributed by atoms with van der Waals surface area (Å²) in [6.07, 6.45) is 11.7. The molecule has 0 spiro atoms. The molecule has 0 radical (unpaired) electrons. The molecule has 2 aliphatic rings. The molecular weight excluding hydrogens is 356 g/mol. The average Bonchev–Trinajstić information content (AvgIpc) is 2.69. The van der Waals surface area contributed by atoms with E-state index in [9.17, 15) is 9.35 Å². The van der Waals surface area contributed by atoms with Crippen LogP contribution in [0.4, 0.5) is 5.69 Å². The number of rotatable bonds is 6. The minimum Gasteiger partial charge on any atom is -0.593 e. The van der Waals surface area contributed by atoms with E-state index in [4.69, 9.17) is 0 Å². The fourth-order valence-corrected chi connectivity index (χ4v) is 5.24. The Bertz CT molecular complexity index is 599. The van der Waals surface area contributed by atoms with Crippen molar-refractivity contribution in [2.24, 2.45) is 11.8 Å². The quantitative estimate of drug-likeness (QED) is 0.669. The molecule has 2 fully saturated rings. The minimum atomic E-state index is -1.10. The van der Waals surface area contributed by atoms with Gasteiger partial charge in [-0.3, -0.25) is 4.79 Å². The van der Waals surface area contributed by atoms with Gasteiger partial charge in [0.2, 0.25) is 0 Å². The lowest BCUT2D eigenvalue weighted by molar-refractivity contribution is 0.0859. The number of benzene rings is 1. The molecule has 2 saturated carbocycles. The highest BCUT2D eigenvalue weighted by Gasteiger charge is 2.33. The number of carbonyl (C=O) groups excluding carboxylic acids is 1. The van der Waals surface area contributed by atoms with E-state index in [-0.39, 0.29) is 11.2 Å². The van der Waals surface area contributed by atoms with E-state index in [0.29, 0.717) is 17.5 Å². The van der Waals surface area contributed by atoms with E-state index in [0.717, 1.165) is 18.0 Å². The summed E-state index contributed by atoms with van der Waals surface area (Å²) in [4.78, 5) is 12.8. The Morgan fingerprint density at radius 3 is 2.30 bits per heavy atom. The van der Waals surface area contributed by atoms with Gasteiger partial charge in [-0.2, -0.15) is 0 Å². The number of amides is 1. The lowest BCUT2D eigenvalue weighted by Gasteiger charge is -2.39. The van der Waals surface area contributed by atoms with Gasteiger partial charge in [0.1, 0.15) is 5.25 Å². The SMILES string of the molecule is CC(C)[S+]([O-])Nc1ccc(C(=O)NC2CCCCC2C2CCCCC2)cc1. The predicted molar refractivity (Wildman–Crippen MR) is 113 cm³/mol. The van der Waals surface area contributed by atoms with Crippen LogP contribution in [0.25, 0.3) is 0 Å². The van der Waals surface area contributed by atoms with Crippen LogP contribution in [0.3, 0.4) is 0 Å². The van der Waals surface area contributed by atoms with Gasteiger partial charge in [-0.15, -0.1) is 0 Å². The van der Waals surface area contributed by atoms with Crippen molar-refractivity contribution >= 4 is 23.0 Å². The zero-order valence-electron chi connectivity index (χ0n) is 16.7. The molecule has 0 aromatic heterocycles. The second kappa shape index (κ2) is 9.83. The highest BCUT2D eigenvalue weighted by Crippen LogP contribution is 2.38. The minimum absolute atomic E-state index is 0.0271. The lowest BCUT2D eigenvalue weighted by atomic mass is 9.71. The molecule has 0 heterocycles. The Hall–Kier alpha value is -1.20. The van der Waals surface area contributed by atoms with Crippen molar-refractivity contribution in [3.8, 4) is 0 Å². The molecule has 3 rings (SSSR count). The van der Waals surface area contributed by atoms with Gasteiger partial charge in [0.05, 0.1) is 17.0 Å². The molecule has 1 amide bonds. The Labute approximate surface area is 167 Å². The Balaban J connectivity index is 1.59. The third-order valence-electron chi connectivity index (χ3n) is 6.18. The van der Waals surface area contributed by atoms with E-state index in [1.165, 1.54) is 51.4 Å². The summed E-state index contributed by atoms with van der Waals surface area (Å²) in [6.45, 7) is 3.83. The Morgan fingerprint density at radius 2 is 1.63 bits per heavy atom. The largest absolute Gasteiger partial charge is 0.593 e. The van der Waals surface area contributed by atoms with Crippen molar-refractivity contribution in [1.29, 1.82) is 0 Å². The van der Waals surface area contributed by atoms with Crippen LogP contribution >= 0.6 is 0 Å². The standard InChI is InChI=1S/C22H34N2O2S/c1-16(2)27(26)24-19-14-12-18(13-15-19)22(25)23-21-11-7-6-10-20(21)17-8-4-3-5-9-17/h12-17,20-21,24H,3-11H2,1-2H3,(H,23,25). The second-order valence-corrected chi connectivity index (χ2v) is 10.2. The van der Waals surface area contributed by atoms with Gasteiger partial charge in [-0.05, 0) is 62.8 Å². The van der Waals surface area contributed by atoms with E-state index >= 15 is 0 Å². The lowest BCUT2D eigenvalue weighted by Crippen LogP contribution is -2.45. The Kier molecular flexibility index (Phi) is 7.48. The van der Waals surface area contributed by atoms with Gasteiger partial charge in [-0.1, -0.05) is 44.9 Å². The number of nitrogens with one attached hydrogen (secondary N) is 2. The molecule has 0 aliphatic heterocycles. The molecule has 2 N–H and O–H groups in total. The fourth-order valence-electron chi connectivity index (χ4n) is 4.64. The van der Waals surface area contributed by atoms with E-state index in [1.54, 1.807) is 0 Å². The van der Waals surface area contributed by atoms with Crippen LogP contribution < -0.4 is 10.0 Å². The third kappa shape index (κ3) is 5.64. The van der Waals surface area contributed by atoms with E-state index < -0.39 is 11.4 Å². The van der Waals surface area contributed by atoms with Crippen molar-refractivity contribution in [1.82, 2.24) is 5.32 Å². The molecular formula is C22H34N2O2S. The van der Waals surface area contributed by atoms with Crippen LogP contribution in [0.1, 0.15) is 82.0 Å². The number of carbonyl (C=O) groups is 1. The first-order valence-corrected chi connectivity index (χ1v) is 11.8. The van der Waals surface area contributed by atoms with Gasteiger partial charge in [0.25, 0.3) is 5.91 Å². The van der Waals surface area contributed by atoms with Gasteiger partial charge in [-0.25, -0.2) is 4.72 Å². The highest BCUT2D eigenvalue weighted by molar-refractivity contribution is 7.93. The molecule has 4 nitrogen and oxygen atoms in total. The molecule has 27 heavy (non-hydrogen) atoms. The zero-order chi connectivity index (χ0) is 19.2. The zero-order valence-corrected chi connectivity index (χ0v) is 17.5. The van der Waals surface area contributed by atoms with Gasteiger partial charge in [0, 0.05) is 11.6 Å². The summed E-state index contributed by atoms with van der Waals surface area (Å²) in [5, 5.41) is 3.39. The molecule has 5 heteroatoms. The van der Waals surface area contributed by atoms with Gasteiger partial charge >= 0.3 is 0 Å². The summed E-state index contributed by atoms with van der Waals surface area (Å²) >= 11 is -1.10. The average molecular weight is 391 g/mol. The second-order valence-electron chi connectivity index (χ2n) is 8.45. The van der Waals surface area contributed by atoms with E-state index in [2.05, 4.69) is 10.0 Å². The summed E-state index contributed by atoms with van der Waals surface area (Å²) in [7, 11) is 0. The van der Waals surface area contributed by atoms with Gasteiger partial charge in [0.15, 0.2) is 0 Å². The summed E-state index contributed by atoms with van der Waals surface area (Å²) in [5.74, 6) is 1.47. The third-order valence-corrected chi connectivity index (χ3v) is 7.48. The molecule has 3 atom stereocenters. The van der Waals surface area contributed by atoms with Crippen LogP contribution in [-0.4, -0.2) is 21.8 Å². The predicted octanol–water partition coefficient (Wildman–Crippen LogP) is 5.04. The maximum atomic E-state index is 12.8. The molecule has 1 aromatic rings. The molecule has 1 aromatic carbocycles. The molecule has 0 bridgehead atoms. The van der Waals surface area contributed by atoms with Crippen molar-refractivity contribution in [3.63, 3.8) is 0 Å². The van der Waals surface area contributed by atoms with Crippen LogP contribution in [0, 0.1) is 11.8 Å². The first-order chi connectivity index (χ1) is 13.0. The number of hydrogen-bond acceptors (Lipinski definition) is 3. The normalized spacial score (nSPS) is 25.2. The van der Waals surface area contributed by atoms with Crippen molar-refractivity contribution in [2.75, 3.05) is 4.72 Å². The van der Waals surface area contributed by atoms with Crippen LogP contribution in [-0.2, 0) is 11.4 Å². The van der Waals surface area contributed by atoms with Crippen molar-refractivity contribution in [3.05, 3.63) is 29.8 Å². The summed E-state index contributed by atoms with van der Waals surface area (Å²) < 4.78 is 14.9. The molecule has 0 saturated heterocycles. The van der Waals surface area contributed by atoms with Gasteiger partial charge < -0.3 is 9.87 Å². The maximum Gasteiger partial charge on any atom is 0.251 e. The van der Waals surface area contributed by atoms with E-state index in [1.807, 2.05) is 38.1 Å². The monoisotopic (exact) mass is 390 g/mol. The number of hydrogen-bond donors (Lipinski definition) is 2. The maximum absolute atomic E-state index is 12.8. The summed E-state index contributed by atoms with van der Waals surface area (Å²) in [5.41, 5.74) is 1.47. The van der Waals surface area contributed by atoms with Crippen LogP contribution in [0.5, 0.6) is 0 Å². The van der Waals surface area contributed by atoms with Crippen LogP contribution in [0.15, 0.2) is 24.3 Å². The highest BCUT2D eigenvalue weighted by atomic mass is 32.2. The molecule has 2 aliphatic carbocycles. The smallest absolute Gasteiger partial charge is 0.251 e. The fraction of sp³-hybridized carbons (Fsp3) is 0.682. The first kappa shape index (κ1) is 20.5. The number of anilines is 1. The molecule has 150 valence electrons. The molecule has 3 unspecified atom stereocenters. The van der Waals surface area contributed by atoms with Crippen molar-refractivity contribution < 1.29 is 9.35 Å². The first-order valence-electron chi connectivity index (χ1n) is 10.6. The topological polar surface area (TPSA) is 64.2 Å². The van der Waals surface area contributed by atoms with Crippen molar-refractivity contribution in [2.45, 2.75) is 82.9 Å². The Morgan fingerprint density at radius 1 is 1.00 bits per heavy atom. The summed E-state index contributed by atoms with van der Waals surface area (Å²) in [6, 6.07) is 7.66. The van der Waals surface area contributed by atoms with Crippen LogP contribution in [0.2, 0.25) is 0 Å².